The molecule has 1 saturated heterocycles. The number of benzene rings is 1. The second-order valence-corrected chi connectivity index (χ2v) is 6.89. The summed E-state index contributed by atoms with van der Waals surface area (Å²) in [5, 5.41) is 6.75. The van der Waals surface area contributed by atoms with Gasteiger partial charge in [0.25, 0.3) is 0 Å². The number of methoxy groups -OCH3 is 1. The summed E-state index contributed by atoms with van der Waals surface area (Å²) >= 11 is 0. The highest BCUT2D eigenvalue weighted by Crippen LogP contribution is 2.22. The van der Waals surface area contributed by atoms with Crippen LogP contribution in [0.2, 0.25) is 0 Å². The van der Waals surface area contributed by atoms with Crippen LogP contribution < -0.4 is 10.2 Å². The van der Waals surface area contributed by atoms with Crippen LogP contribution in [-0.2, 0) is 22.5 Å². The van der Waals surface area contributed by atoms with E-state index in [-0.39, 0.29) is 30.9 Å². The smallest absolute Gasteiger partial charge is 0.317 e. The van der Waals surface area contributed by atoms with Crippen molar-refractivity contribution in [3.8, 4) is 0 Å². The van der Waals surface area contributed by atoms with E-state index in [1.807, 2.05) is 31.2 Å². The van der Waals surface area contributed by atoms with Gasteiger partial charge in [-0.15, -0.1) is 0 Å². The number of nitrogens with zero attached hydrogens (tertiary/aromatic N) is 4. The van der Waals surface area contributed by atoms with Crippen molar-refractivity contribution in [1.29, 1.82) is 0 Å². The van der Waals surface area contributed by atoms with Gasteiger partial charge in [0.1, 0.15) is 6.54 Å². The average molecular weight is 387 g/mol. The van der Waals surface area contributed by atoms with Gasteiger partial charge in [0.2, 0.25) is 11.8 Å². The molecule has 0 bridgehead atoms. The first-order valence-corrected chi connectivity index (χ1v) is 9.15. The molecule has 0 radical (unpaired) electrons. The molecule has 150 valence electrons. The molecule has 0 unspecified atom stereocenters. The number of rotatable bonds is 7. The number of aromatic nitrogens is 2. The molecule has 9 nitrogen and oxygen atoms in total. The number of carbonyl (C=O) groups excluding carboxylic acids is 2. The standard InChI is InChI=1S/C19H25N5O4/c1-13-4-6-15(7-5-13)24-11-14(10-18(24)25)20-19(26)23(2)12-17-21-16(22-28-17)8-9-27-3/h4-7,14H,8-12H2,1-3H3,(H,20,26)/t14-/m0/s1. The summed E-state index contributed by atoms with van der Waals surface area (Å²) in [6, 6.07) is 7.23. The van der Waals surface area contributed by atoms with Crippen LogP contribution in [0.3, 0.4) is 0 Å². The predicted octanol–water partition coefficient (Wildman–Crippen LogP) is 1.51. The Morgan fingerprint density at radius 1 is 1.39 bits per heavy atom. The van der Waals surface area contributed by atoms with E-state index >= 15 is 0 Å². The highest BCUT2D eigenvalue weighted by Gasteiger charge is 2.32. The van der Waals surface area contributed by atoms with Crippen LogP contribution in [0.15, 0.2) is 28.8 Å². The Hall–Kier alpha value is -2.94. The summed E-state index contributed by atoms with van der Waals surface area (Å²) in [7, 11) is 3.25. The number of amides is 3. The molecule has 9 heteroatoms. The number of nitrogens with one attached hydrogen (secondary N) is 1. The van der Waals surface area contributed by atoms with Gasteiger partial charge >= 0.3 is 6.03 Å². The van der Waals surface area contributed by atoms with Crippen molar-refractivity contribution >= 4 is 17.6 Å². The minimum atomic E-state index is -0.291. The molecule has 0 saturated carbocycles. The third kappa shape index (κ3) is 4.86. The normalized spacial score (nSPS) is 16.5. The predicted molar refractivity (Wildman–Crippen MR) is 102 cm³/mol. The van der Waals surface area contributed by atoms with Gasteiger partial charge < -0.3 is 24.4 Å². The molecule has 1 N–H and O–H groups in total. The van der Waals surface area contributed by atoms with Gasteiger partial charge in [-0.05, 0) is 19.1 Å². The Balaban J connectivity index is 1.52. The maximum atomic E-state index is 12.5. The molecule has 28 heavy (non-hydrogen) atoms. The van der Waals surface area contributed by atoms with E-state index in [1.54, 1.807) is 19.1 Å². The van der Waals surface area contributed by atoms with Crippen LogP contribution in [0.1, 0.15) is 23.7 Å². The second kappa shape index (κ2) is 8.83. The summed E-state index contributed by atoms with van der Waals surface area (Å²) in [4.78, 5) is 32.2. The van der Waals surface area contributed by atoms with E-state index in [0.29, 0.717) is 31.3 Å². The maximum Gasteiger partial charge on any atom is 0.317 e. The minimum Gasteiger partial charge on any atom is -0.384 e. The fourth-order valence-electron chi connectivity index (χ4n) is 2.99. The van der Waals surface area contributed by atoms with Crippen LogP contribution in [0.25, 0.3) is 0 Å². The number of hydrogen-bond acceptors (Lipinski definition) is 6. The van der Waals surface area contributed by atoms with Gasteiger partial charge in [0.15, 0.2) is 5.82 Å². The fraction of sp³-hybridized carbons (Fsp3) is 0.474. The summed E-state index contributed by atoms with van der Waals surface area (Å²) in [5.41, 5.74) is 1.98. The van der Waals surface area contributed by atoms with Crippen LogP contribution in [-0.4, -0.2) is 60.3 Å². The topological polar surface area (TPSA) is 101 Å². The van der Waals surface area contributed by atoms with E-state index in [0.717, 1.165) is 11.3 Å². The van der Waals surface area contributed by atoms with Crippen LogP contribution >= 0.6 is 0 Å². The molecule has 1 fully saturated rings. The van der Waals surface area contributed by atoms with E-state index in [1.165, 1.54) is 4.90 Å². The zero-order valence-electron chi connectivity index (χ0n) is 16.3. The lowest BCUT2D eigenvalue weighted by molar-refractivity contribution is -0.117. The minimum absolute atomic E-state index is 0.00325. The first-order chi connectivity index (χ1) is 13.5. The SMILES string of the molecule is COCCc1noc(CN(C)C(=O)N[C@H]2CC(=O)N(c3ccc(C)cc3)C2)n1. The molecule has 1 aliphatic heterocycles. The van der Waals surface area contributed by atoms with E-state index in [4.69, 9.17) is 9.26 Å². The van der Waals surface area contributed by atoms with E-state index in [2.05, 4.69) is 15.5 Å². The molecule has 0 spiro atoms. The number of carbonyl (C=O) groups is 2. The van der Waals surface area contributed by atoms with Gasteiger partial charge in [-0.1, -0.05) is 22.9 Å². The van der Waals surface area contributed by atoms with Crippen molar-refractivity contribution < 1.29 is 18.8 Å². The summed E-state index contributed by atoms with van der Waals surface area (Å²) in [5.74, 6) is 0.893. The summed E-state index contributed by atoms with van der Waals surface area (Å²) < 4.78 is 10.1. The summed E-state index contributed by atoms with van der Waals surface area (Å²) in [6.07, 6.45) is 0.824. The summed E-state index contributed by atoms with van der Waals surface area (Å²) in [6.45, 7) is 3.14. The van der Waals surface area contributed by atoms with Gasteiger partial charge in [0, 0.05) is 39.2 Å². The van der Waals surface area contributed by atoms with Crippen molar-refractivity contribution in [3.63, 3.8) is 0 Å². The van der Waals surface area contributed by atoms with Crippen LogP contribution in [0, 0.1) is 6.92 Å². The first kappa shape index (κ1) is 19.8. The first-order valence-electron chi connectivity index (χ1n) is 9.15. The molecular weight excluding hydrogens is 362 g/mol. The monoisotopic (exact) mass is 387 g/mol. The van der Waals surface area contributed by atoms with Gasteiger partial charge in [0.05, 0.1) is 12.6 Å². The third-order valence-corrected chi connectivity index (χ3v) is 4.56. The molecule has 3 rings (SSSR count). The Bertz CT molecular complexity index is 820. The van der Waals surface area contributed by atoms with Crippen molar-refractivity contribution in [3.05, 3.63) is 41.5 Å². The number of urea groups is 1. The Labute approximate surface area is 163 Å². The highest BCUT2D eigenvalue weighted by atomic mass is 16.5. The van der Waals surface area contributed by atoms with Crippen molar-refractivity contribution in [1.82, 2.24) is 20.4 Å². The number of ether oxygens (including phenoxy) is 1. The lowest BCUT2D eigenvalue weighted by Gasteiger charge is -2.20. The zero-order valence-corrected chi connectivity index (χ0v) is 16.3. The number of hydrogen-bond donors (Lipinski definition) is 1. The van der Waals surface area contributed by atoms with Crippen molar-refractivity contribution in [2.24, 2.45) is 0 Å². The van der Waals surface area contributed by atoms with Crippen LogP contribution in [0.4, 0.5) is 10.5 Å². The Morgan fingerprint density at radius 3 is 2.86 bits per heavy atom. The zero-order chi connectivity index (χ0) is 20.1. The lowest BCUT2D eigenvalue weighted by atomic mass is 10.2. The molecule has 1 aromatic carbocycles. The molecule has 1 aliphatic rings. The van der Waals surface area contributed by atoms with Gasteiger partial charge in [-0.2, -0.15) is 4.98 Å². The molecular formula is C19H25N5O4. The molecule has 3 amide bonds. The highest BCUT2D eigenvalue weighted by molar-refractivity contribution is 5.96. The third-order valence-electron chi connectivity index (χ3n) is 4.56. The molecule has 1 aromatic heterocycles. The van der Waals surface area contributed by atoms with E-state index < -0.39 is 0 Å². The van der Waals surface area contributed by atoms with Gasteiger partial charge in [-0.3, -0.25) is 4.79 Å². The number of anilines is 1. The molecule has 1 atom stereocenters. The van der Waals surface area contributed by atoms with Crippen LogP contribution in [0.5, 0.6) is 0 Å². The second-order valence-electron chi connectivity index (χ2n) is 6.89. The Morgan fingerprint density at radius 2 is 2.14 bits per heavy atom. The fourth-order valence-corrected chi connectivity index (χ4v) is 2.99. The number of aryl methyl sites for hydroxylation is 1. The lowest BCUT2D eigenvalue weighted by Crippen LogP contribution is -2.44. The average Bonchev–Trinajstić information content (AvgIpc) is 3.26. The van der Waals surface area contributed by atoms with Crippen molar-refractivity contribution in [2.45, 2.75) is 32.4 Å². The van der Waals surface area contributed by atoms with Crippen molar-refractivity contribution in [2.75, 3.05) is 32.2 Å². The molecule has 2 heterocycles. The largest absolute Gasteiger partial charge is 0.384 e. The van der Waals surface area contributed by atoms with E-state index in [9.17, 15) is 9.59 Å². The molecule has 0 aliphatic carbocycles. The molecule has 2 aromatic rings. The quantitative estimate of drug-likeness (QED) is 0.773. The van der Waals surface area contributed by atoms with Gasteiger partial charge in [-0.25, -0.2) is 4.79 Å². The Kier molecular flexibility index (Phi) is 6.25. The maximum absolute atomic E-state index is 12.5.